The van der Waals surface area contributed by atoms with E-state index in [1.807, 2.05) is 59.4 Å². The van der Waals surface area contributed by atoms with Crippen molar-refractivity contribution < 1.29 is 4.79 Å². The van der Waals surface area contributed by atoms with Gasteiger partial charge in [-0.15, -0.1) is 0 Å². The zero-order valence-electron chi connectivity index (χ0n) is 12.1. The number of hydrogen-bond donors (Lipinski definition) is 0. The molecule has 0 atom stereocenters. The van der Waals surface area contributed by atoms with Gasteiger partial charge in [0.15, 0.2) is 5.78 Å². The summed E-state index contributed by atoms with van der Waals surface area (Å²) in [5, 5.41) is 0.915. The zero-order chi connectivity index (χ0) is 16.2. The van der Waals surface area contributed by atoms with E-state index in [2.05, 4.69) is 0 Å². The summed E-state index contributed by atoms with van der Waals surface area (Å²) in [4.78, 5) is 12.2. The lowest BCUT2D eigenvalue weighted by atomic mass is 10.1. The third-order valence-corrected chi connectivity index (χ3v) is 4.28. The van der Waals surface area contributed by atoms with E-state index in [0.717, 1.165) is 11.3 Å². The molecular formula is C19H13Cl2NO. The average Bonchev–Trinajstić information content (AvgIpc) is 3.10. The van der Waals surface area contributed by atoms with E-state index in [9.17, 15) is 4.79 Å². The molecule has 0 unspecified atom stereocenters. The quantitative estimate of drug-likeness (QED) is 0.442. The second-order valence-corrected chi connectivity index (χ2v) is 5.76. The van der Waals surface area contributed by atoms with Crippen LogP contribution in [0.5, 0.6) is 0 Å². The minimum Gasteiger partial charge on any atom is -0.324 e. The molecule has 0 N–H and O–H groups in total. The molecule has 0 bridgehead atoms. The molecule has 0 aliphatic rings. The first-order valence-corrected chi connectivity index (χ1v) is 7.80. The molecular weight excluding hydrogens is 329 g/mol. The fourth-order valence-electron chi connectivity index (χ4n) is 2.22. The van der Waals surface area contributed by atoms with Crippen molar-refractivity contribution in [1.29, 1.82) is 0 Å². The summed E-state index contributed by atoms with van der Waals surface area (Å²) < 4.78 is 1.98. The van der Waals surface area contributed by atoms with Crippen molar-refractivity contribution in [3.63, 3.8) is 0 Å². The lowest BCUT2D eigenvalue weighted by Crippen LogP contribution is -1.96. The van der Waals surface area contributed by atoms with E-state index >= 15 is 0 Å². The Morgan fingerprint density at radius 2 is 1.61 bits per heavy atom. The summed E-state index contributed by atoms with van der Waals surface area (Å²) in [6.07, 6.45) is 7.09. The number of nitrogens with zero attached hydrogens (tertiary/aromatic N) is 1. The first kappa shape index (κ1) is 15.6. The second-order valence-electron chi connectivity index (χ2n) is 4.98. The Morgan fingerprint density at radius 1 is 0.913 bits per heavy atom. The maximum absolute atomic E-state index is 12.2. The lowest BCUT2D eigenvalue weighted by molar-refractivity contribution is 0.104. The Balaban J connectivity index is 1.78. The van der Waals surface area contributed by atoms with Gasteiger partial charge < -0.3 is 4.57 Å². The average molecular weight is 342 g/mol. The van der Waals surface area contributed by atoms with Crippen molar-refractivity contribution >= 4 is 35.1 Å². The van der Waals surface area contributed by atoms with Crippen LogP contribution in [0, 0.1) is 0 Å². The number of aromatic nitrogens is 1. The van der Waals surface area contributed by atoms with Crippen LogP contribution in [0.25, 0.3) is 11.8 Å². The number of ketones is 1. The van der Waals surface area contributed by atoms with Crippen molar-refractivity contribution in [2.45, 2.75) is 0 Å². The SMILES string of the molecule is O=C(/C=C/c1cccc(Cl)c1Cl)c1ccc(-n2cccc2)cc1. The third-order valence-electron chi connectivity index (χ3n) is 3.45. The van der Waals surface area contributed by atoms with Crippen LogP contribution in [0.1, 0.15) is 15.9 Å². The highest BCUT2D eigenvalue weighted by Gasteiger charge is 2.04. The van der Waals surface area contributed by atoms with Crippen LogP contribution in [0.4, 0.5) is 0 Å². The van der Waals surface area contributed by atoms with Gasteiger partial charge in [-0.25, -0.2) is 0 Å². The van der Waals surface area contributed by atoms with Crippen LogP contribution in [0.3, 0.4) is 0 Å². The molecule has 0 saturated carbocycles. The van der Waals surface area contributed by atoms with Crippen LogP contribution >= 0.6 is 23.2 Å². The number of benzene rings is 2. The van der Waals surface area contributed by atoms with E-state index in [1.54, 1.807) is 18.2 Å². The number of halogens is 2. The molecule has 0 radical (unpaired) electrons. The third kappa shape index (κ3) is 3.55. The number of carbonyl (C=O) groups excluding carboxylic acids is 1. The van der Waals surface area contributed by atoms with E-state index < -0.39 is 0 Å². The molecule has 0 aliphatic heterocycles. The zero-order valence-corrected chi connectivity index (χ0v) is 13.6. The second kappa shape index (κ2) is 6.86. The normalized spacial score (nSPS) is 11.0. The molecule has 2 nitrogen and oxygen atoms in total. The van der Waals surface area contributed by atoms with Gasteiger partial charge in [0.25, 0.3) is 0 Å². The van der Waals surface area contributed by atoms with Crippen molar-refractivity contribution in [3.05, 3.63) is 94.2 Å². The minimum absolute atomic E-state index is 0.0832. The smallest absolute Gasteiger partial charge is 0.185 e. The van der Waals surface area contributed by atoms with Crippen LogP contribution in [-0.2, 0) is 0 Å². The molecule has 0 aliphatic carbocycles. The van der Waals surface area contributed by atoms with Crippen molar-refractivity contribution in [1.82, 2.24) is 4.57 Å². The van der Waals surface area contributed by atoms with Crippen LogP contribution < -0.4 is 0 Å². The molecule has 4 heteroatoms. The highest BCUT2D eigenvalue weighted by molar-refractivity contribution is 6.42. The summed E-state index contributed by atoms with van der Waals surface area (Å²) in [7, 11) is 0. The van der Waals surface area contributed by atoms with Gasteiger partial charge in [-0.1, -0.05) is 35.3 Å². The Hall–Kier alpha value is -2.29. The molecule has 23 heavy (non-hydrogen) atoms. The molecule has 0 spiro atoms. The van der Waals surface area contributed by atoms with Gasteiger partial charge in [-0.2, -0.15) is 0 Å². The van der Waals surface area contributed by atoms with Gasteiger partial charge in [0.1, 0.15) is 0 Å². The molecule has 0 amide bonds. The van der Waals surface area contributed by atoms with E-state index in [-0.39, 0.29) is 5.78 Å². The molecule has 0 fully saturated rings. The summed E-state index contributed by atoms with van der Waals surface area (Å²) in [5.74, 6) is -0.0832. The summed E-state index contributed by atoms with van der Waals surface area (Å²) in [6, 6.07) is 16.7. The summed E-state index contributed by atoms with van der Waals surface area (Å²) in [5.41, 5.74) is 2.35. The molecule has 1 aromatic heterocycles. The largest absolute Gasteiger partial charge is 0.324 e. The highest BCUT2D eigenvalue weighted by Crippen LogP contribution is 2.26. The van der Waals surface area contributed by atoms with Crippen LogP contribution in [-0.4, -0.2) is 10.4 Å². The van der Waals surface area contributed by atoms with Crippen LogP contribution in [0.15, 0.2) is 73.1 Å². The Morgan fingerprint density at radius 3 is 2.30 bits per heavy atom. The predicted molar refractivity (Wildman–Crippen MR) is 95.6 cm³/mol. The first-order valence-electron chi connectivity index (χ1n) is 7.05. The maximum Gasteiger partial charge on any atom is 0.185 e. The highest BCUT2D eigenvalue weighted by atomic mass is 35.5. The fourth-order valence-corrected chi connectivity index (χ4v) is 2.59. The monoisotopic (exact) mass is 341 g/mol. The molecule has 1 heterocycles. The lowest BCUT2D eigenvalue weighted by Gasteiger charge is -2.03. The molecule has 2 aromatic carbocycles. The topological polar surface area (TPSA) is 22.0 Å². The molecule has 3 aromatic rings. The van der Waals surface area contributed by atoms with E-state index in [1.165, 1.54) is 6.08 Å². The standard InChI is InChI=1S/C19H13Cl2NO/c20-17-5-3-4-15(19(17)21)8-11-18(23)14-6-9-16(10-7-14)22-12-1-2-13-22/h1-13H/b11-8+. The number of allylic oxidation sites excluding steroid dienone is 1. The van der Waals surface area contributed by atoms with Gasteiger partial charge >= 0.3 is 0 Å². The van der Waals surface area contributed by atoms with Crippen molar-refractivity contribution in [2.24, 2.45) is 0 Å². The van der Waals surface area contributed by atoms with E-state index in [0.29, 0.717) is 15.6 Å². The molecule has 3 rings (SSSR count). The minimum atomic E-state index is -0.0832. The van der Waals surface area contributed by atoms with E-state index in [4.69, 9.17) is 23.2 Å². The van der Waals surface area contributed by atoms with Crippen molar-refractivity contribution in [3.8, 4) is 5.69 Å². The first-order chi connectivity index (χ1) is 11.1. The van der Waals surface area contributed by atoms with Crippen molar-refractivity contribution in [2.75, 3.05) is 0 Å². The fraction of sp³-hybridized carbons (Fsp3) is 0. The van der Waals surface area contributed by atoms with Crippen LogP contribution in [0.2, 0.25) is 10.0 Å². The van der Waals surface area contributed by atoms with Gasteiger partial charge in [0, 0.05) is 23.6 Å². The number of carbonyl (C=O) groups is 1. The molecule has 114 valence electrons. The Bertz CT molecular complexity index is 850. The maximum atomic E-state index is 12.2. The number of rotatable bonds is 4. The Labute approximate surface area is 144 Å². The summed E-state index contributed by atoms with van der Waals surface area (Å²) >= 11 is 12.1. The Kier molecular flexibility index (Phi) is 4.65. The van der Waals surface area contributed by atoms with Gasteiger partial charge in [-0.3, -0.25) is 4.79 Å². The van der Waals surface area contributed by atoms with Gasteiger partial charge in [-0.05, 0) is 60.2 Å². The van der Waals surface area contributed by atoms with Gasteiger partial charge in [0.05, 0.1) is 10.0 Å². The molecule has 0 saturated heterocycles. The summed E-state index contributed by atoms with van der Waals surface area (Å²) in [6.45, 7) is 0. The number of hydrogen-bond acceptors (Lipinski definition) is 1. The predicted octanol–water partition coefficient (Wildman–Crippen LogP) is 5.68. The van der Waals surface area contributed by atoms with Gasteiger partial charge in [0.2, 0.25) is 0 Å².